The Hall–Kier alpha value is -3.99. The lowest BCUT2D eigenvalue weighted by atomic mass is 9.91. The molecule has 0 spiro atoms. The number of hydrogen-bond donors (Lipinski definition) is 1. The molecule has 0 radical (unpaired) electrons. The number of fused-ring (bicyclic) bond motifs is 2. The fourth-order valence-corrected chi connectivity index (χ4v) is 5.15. The number of aromatic nitrogens is 3. The monoisotopic (exact) mass is 493 g/mol. The maximum absolute atomic E-state index is 12.8. The standard InChI is InChI=1S/C24H23N5O5S/c1-32-18-10-15-17(11-19(18)33-2)26-12-27-21(15)13-5-7-29(8-6-13)24(31)34-14-3-4-16-20(9-14)35-23(28-16)22(25)30/h3-4,9-13H,5-8H2,1-2H3,(H2,25,30). The number of carbonyl (C=O) groups excluding carboxylic acids is 2. The molecular weight excluding hydrogens is 470 g/mol. The lowest BCUT2D eigenvalue weighted by molar-refractivity contribution is 0.1000. The van der Waals surface area contributed by atoms with Crippen LogP contribution in [0.4, 0.5) is 4.79 Å². The topological polar surface area (TPSA) is 130 Å². The zero-order chi connectivity index (χ0) is 24.5. The number of amides is 2. The molecule has 1 aliphatic heterocycles. The molecule has 2 amide bonds. The maximum atomic E-state index is 12.8. The van der Waals surface area contributed by atoms with Gasteiger partial charge < -0.3 is 24.8 Å². The summed E-state index contributed by atoms with van der Waals surface area (Å²) < 4.78 is 17.2. The molecule has 2 N–H and O–H groups in total. The first kappa shape index (κ1) is 22.8. The Morgan fingerprint density at radius 3 is 2.49 bits per heavy atom. The summed E-state index contributed by atoms with van der Waals surface area (Å²) in [6, 6.07) is 8.81. The molecule has 4 aromatic rings. The summed E-state index contributed by atoms with van der Waals surface area (Å²) >= 11 is 1.17. The number of nitrogens with zero attached hydrogens (tertiary/aromatic N) is 4. The van der Waals surface area contributed by atoms with Crippen LogP contribution >= 0.6 is 11.3 Å². The van der Waals surface area contributed by atoms with Crippen LogP contribution in [0.25, 0.3) is 21.1 Å². The van der Waals surface area contributed by atoms with Gasteiger partial charge in [-0.3, -0.25) is 4.79 Å². The quantitative estimate of drug-likeness (QED) is 0.445. The number of hydrogen-bond acceptors (Lipinski definition) is 9. The highest BCUT2D eigenvalue weighted by Gasteiger charge is 2.27. The second-order valence-electron chi connectivity index (χ2n) is 8.13. The number of piperidine rings is 1. The van der Waals surface area contributed by atoms with Crippen LogP contribution in [0.15, 0.2) is 36.7 Å². The molecule has 11 heteroatoms. The van der Waals surface area contributed by atoms with Crippen molar-refractivity contribution in [2.24, 2.45) is 5.73 Å². The summed E-state index contributed by atoms with van der Waals surface area (Å²) in [6.45, 7) is 1.08. The zero-order valence-electron chi connectivity index (χ0n) is 19.2. The lowest BCUT2D eigenvalue weighted by Gasteiger charge is -2.31. The molecule has 10 nitrogen and oxygen atoms in total. The minimum absolute atomic E-state index is 0.170. The first-order chi connectivity index (χ1) is 17.0. The number of primary amides is 1. The van der Waals surface area contributed by atoms with E-state index in [2.05, 4.69) is 15.0 Å². The van der Waals surface area contributed by atoms with Crippen molar-refractivity contribution in [1.82, 2.24) is 19.9 Å². The van der Waals surface area contributed by atoms with Crippen LogP contribution in [0.2, 0.25) is 0 Å². The fraction of sp³-hybridized carbons (Fsp3) is 0.292. The molecule has 1 aliphatic rings. The average Bonchev–Trinajstić information content (AvgIpc) is 3.31. The molecule has 2 aromatic heterocycles. The largest absolute Gasteiger partial charge is 0.493 e. The Balaban J connectivity index is 1.28. The highest BCUT2D eigenvalue weighted by atomic mass is 32.1. The van der Waals surface area contributed by atoms with Gasteiger partial charge in [0.15, 0.2) is 16.5 Å². The van der Waals surface area contributed by atoms with Crippen molar-refractivity contribution >= 4 is 44.5 Å². The molecule has 2 aromatic carbocycles. The summed E-state index contributed by atoms with van der Waals surface area (Å²) in [6.07, 6.45) is 2.63. The average molecular weight is 494 g/mol. The van der Waals surface area contributed by atoms with Crippen molar-refractivity contribution < 1.29 is 23.8 Å². The van der Waals surface area contributed by atoms with Crippen LogP contribution in [-0.4, -0.2) is 59.2 Å². The molecular formula is C24H23N5O5S. The van der Waals surface area contributed by atoms with Gasteiger partial charge >= 0.3 is 6.09 Å². The van der Waals surface area contributed by atoms with Crippen molar-refractivity contribution in [1.29, 1.82) is 0 Å². The van der Waals surface area contributed by atoms with Gasteiger partial charge in [-0.1, -0.05) is 0 Å². The molecule has 180 valence electrons. The highest BCUT2D eigenvalue weighted by Crippen LogP contribution is 2.37. The normalized spacial score (nSPS) is 14.3. The van der Waals surface area contributed by atoms with Crippen molar-refractivity contribution in [3.05, 3.63) is 47.4 Å². The third-order valence-corrected chi connectivity index (χ3v) is 7.12. The molecule has 35 heavy (non-hydrogen) atoms. The lowest BCUT2D eigenvalue weighted by Crippen LogP contribution is -2.39. The van der Waals surface area contributed by atoms with Gasteiger partial charge in [-0.15, -0.1) is 11.3 Å². The van der Waals surface area contributed by atoms with E-state index in [0.29, 0.717) is 35.9 Å². The molecule has 0 unspecified atom stereocenters. The van der Waals surface area contributed by atoms with E-state index in [0.717, 1.165) is 34.1 Å². The van der Waals surface area contributed by atoms with E-state index < -0.39 is 12.0 Å². The Labute approximate surface area is 204 Å². The second-order valence-corrected chi connectivity index (χ2v) is 9.16. The van der Waals surface area contributed by atoms with Gasteiger partial charge in [-0.2, -0.15) is 0 Å². The third kappa shape index (κ3) is 4.42. The molecule has 0 saturated carbocycles. The van der Waals surface area contributed by atoms with E-state index >= 15 is 0 Å². The number of thiazole rings is 1. The first-order valence-electron chi connectivity index (χ1n) is 11.0. The Morgan fingerprint density at radius 1 is 1.03 bits per heavy atom. The SMILES string of the molecule is COc1cc2ncnc(C3CCN(C(=O)Oc4ccc5nc(C(N)=O)sc5c4)CC3)c2cc1OC. The molecule has 5 rings (SSSR count). The van der Waals surface area contributed by atoms with Gasteiger partial charge in [0.25, 0.3) is 5.91 Å². The Morgan fingerprint density at radius 2 is 1.77 bits per heavy atom. The number of ether oxygens (including phenoxy) is 3. The Bertz CT molecular complexity index is 1430. The van der Waals surface area contributed by atoms with Crippen LogP contribution in [0.3, 0.4) is 0 Å². The van der Waals surface area contributed by atoms with Crippen LogP contribution in [0.5, 0.6) is 17.2 Å². The van der Waals surface area contributed by atoms with E-state index in [4.69, 9.17) is 19.9 Å². The number of rotatable bonds is 5. The Kier molecular flexibility index (Phi) is 6.08. The van der Waals surface area contributed by atoms with Gasteiger partial charge in [-0.25, -0.2) is 19.7 Å². The van der Waals surface area contributed by atoms with Crippen LogP contribution in [0.1, 0.15) is 34.3 Å². The summed E-state index contributed by atoms with van der Waals surface area (Å²) in [5.74, 6) is 1.22. The first-order valence-corrected chi connectivity index (χ1v) is 11.8. The summed E-state index contributed by atoms with van der Waals surface area (Å²) in [5.41, 5.74) is 7.66. The molecule has 0 aliphatic carbocycles. The van der Waals surface area contributed by atoms with Crippen LogP contribution < -0.4 is 19.9 Å². The van der Waals surface area contributed by atoms with E-state index in [1.807, 2.05) is 12.1 Å². The number of likely N-dealkylation sites (tertiary alicyclic amines) is 1. The van der Waals surface area contributed by atoms with Crippen molar-refractivity contribution in [2.75, 3.05) is 27.3 Å². The van der Waals surface area contributed by atoms with E-state index in [9.17, 15) is 9.59 Å². The predicted molar refractivity (Wildman–Crippen MR) is 130 cm³/mol. The fourth-order valence-electron chi connectivity index (χ4n) is 4.30. The summed E-state index contributed by atoms with van der Waals surface area (Å²) in [5, 5.41) is 1.14. The number of carbonyl (C=O) groups is 2. The van der Waals surface area contributed by atoms with E-state index in [1.165, 1.54) is 11.3 Å². The van der Waals surface area contributed by atoms with Crippen LogP contribution in [0, 0.1) is 0 Å². The summed E-state index contributed by atoms with van der Waals surface area (Å²) in [4.78, 5) is 39.0. The molecule has 0 bridgehead atoms. The molecule has 0 atom stereocenters. The van der Waals surface area contributed by atoms with Gasteiger partial charge in [0.05, 0.1) is 35.6 Å². The number of benzene rings is 2. The molecule has 1 fully saturated rings. The third-order valence-electron chi connectivity index (χ3n) is 6.09. The smallest absolute Gasteiger partial charge is 0.415 e. The molecule has 1 saturated heterocycles. The van der Waals surface area contributed by atoms with Gasteiger partial charge in [0, 0.05) is 36.5 Å². The maximum Gasteiger partial charge on any atom is 0.415 e. The molecule has 3 heterocycles. The van der Waals surface area contributed by atoms with Gasteiger partial charge in [0.1, 0.15) is 12.1 Å². The van der Waals surface area contributed by atoms with Crippen LogP contribution in [-0.2, 0) is 0 Å². The van der Waals surface area contributed by atoms with Crippen molar-refractivity contribution in [3.8, 4) is 17.2 Å². The van der Waals surface area contributed by atoms with Gasteiger partial charge in [-0.05, 0) is 31.0 Å². The second kappa shape index (κ2) is 9.34. The van der Waals surface area contributed by atoms with E-state index in [1.54, 1.807) is 43.6 Å². The summed E-state index contributed by atoms with van der Waals surface area (Å²) in [7, 11) is 3.19. The van der Waals surface area contributed by atoms with Crippen molar-refractivity contribution in [3.63, 3.8) is 0 Å². The zero-order valence-corrected chi connectivity index (χ0v) is 20.0. The minimum atomic E-state index is -0.582. The highest BCUT2D eigenvalue weighted by molar-refractivity contribution is 7.20. The van der Waals surface area contributed by atoms with Gasteiger partial charge in [0.2, 0.25) is 0 Å². The predicted octanol–water partition coefficient (Wildman–Crippen LogP) is 3.73. The minimum Gasteiger partial charge on any atom is -0.493 e. The number of nitrogens with two attached hydrogens (primary N) is 1. The van der Waals surface area contributed by atoms with Crippen molar-refractivity contribution in [2.45, 2.75) is 18.8 Å². The number of methoxy groups -OCH3 is 2. The van der Waals surface area contributed by atoms with E-state index in [-0.39, 0.29) is 10.9 Å².